The minimum absolute atomic E-state index is 0.0624. The Morgan fingerprint density at radius 1 is 1.24 bits per heavy atom. The summed E-state index contributed by atoms with van der Waals surface area (Å²) in [6.07, 6.45) is 0. The van der Waals surface area contributed by atoms with Gasteiger partial charge in [0.2, 0.25) is 11.8 Å². The average Bonchev–Trinajstić information content (AvgIpc) is 2.87. The molecule has 158 valence electrons. The fraction of sp³-hybridized carbons (Fsp3) is 0.357. The molecule has 0 fully saturated rings. The minimum atomic E-state index is -4.57. The first kappa shape index (κ1) is 21.9. The third-order valence-electron chi connectivity index (χ3n) is 3.31. The Bertz CT molecular complexity index is 1060. The van der Waals surface area contributed by atoms with Gasteiger partial charge >= 0.3 is 18.6 Å². The lowest BCUT2D eigenvalue weighted by Gasteiger charge is -2.10. The highest BCUT2D eigenvalue weighted by atomic mass is 32.2. The molecular weight excluding hydrogens is 418 g/mol. The number of sulfonamides is 1. The number of halogens is 2. The summed E-state index contributed by atoms with van der Waals surface area (Å²) in [7, 11) is -2.19. The second kappa shape index (κ2) is 8.34. The standard InChI is InChI=1S/C14H16F2N6O6S/c1-6-5-8(28-12(15)16)18-13(17-6)19-14(24)21-29(25,26)10-7(2)20-22(3)9(10)11(23)27-4/h5,12H,1-4H3,(H2,17,18,19,21,24). The van der Waals surface area contributed by atoms with E-state index in [2.05, 4.69) is 24.5 Å². The number of carbonyl (C=O) groups is 2. The zero-order valence-corrected chi connectivity index (χ0v) is 16.4. The number of anilines is 1. The summed E-state index contributed by atoms with van der Waals surface area (Å²) in [5, 5.41) is 5.83. The second-order valence-corrected chi connectivity index (χ2v) is 7.11. The second-order valence-electron chi connectivity index (χ2n) is 5.49. The van der Waals surface area contributed by atoms with Crippen LogP contribution in [0.5, 0.6) is 5.88 Å². The number of methoxy groups -OCH3 is 1. The van der Waals surface area contributed by atoms with Crippen molar-refractivity contribution in [1.29, 1.82) is 0 Å². The molecule has 0 aromatic carbocycles. The maximum Gasteiger partial charge on any atom is 0.388 e. The SMILES string of the molecule is COC(=O)c1c(S(=O)(=O)NC(=O)Nc2nc(C)cc(OC(F)F)n2)c(C)nn1C. The summed E-state index contributed by atoms with van der Waals surface area (Å²) in [4.78, 5) is 30.7. The van der Waals surface area contributed by atoms with E-state index in [4.69, 9.17) is 0 Å². The van der Waals surface area contributed by atoms with Gasteiger partial charge in [-0.05, 0) is 13.8 Å². The van der Waals surface area contributed by atoms with Gasteiger partial charge in [-0.15, -0.1) is 0 Å². The van der Waals surface area contributed by atoms with Crippen LogP contribution < -0.4 is 14.8 Å². The number of nitrogens with zero attached hydrogens (tertiary/aromatic N) is 4. The largest absolute Gasteiger partial charge is 0.464 e. The van der Waals surface area contributed by atoms with Gasteiger partial charge in [0, 0.05) is 18.8 Å². The molecule has 0 radical (unpaired) electrons. The Hall–Kier alpha value is -3.36. The van der Waals surface area contributed by atoms with Crippen molar-refractivity contribution >= 4 is 28.0 Å². The number of ether oxygens (including phenoxy) is 2. The number of aryl methyl sites for hydroxylation is 3. The van der Waals surface area contributed by atoms with Crippen molar-refractivity contribution in [2.75, 3.05) is 12.4 Å². The summed E-state index contributed by atoms with van der Waals surface area (Å²) in [6, 6.07) is -0.217. The predicted molar refractivity (Wildman–Crippen MR) is 92.0 cm³/mol. The van der Waals surface area contributed by atoms with Gasteiger partial charge in [-0.1, -0.05) is 0 Å². The van der Waals surface area contributed by atoms with Crippen LogP contribution in [0.1, 0.15) is 21.9 Å². The molecule has 0 saturated heterocycles. The van der Waals surface area contributed by atoms with Crippen LogP contribution in [0.4, 0.5) is 19.5 Å². The van der Waals surface area contributed by atoms with E-state index in [1.54, 1.807) is 4.72 Å². The predicted octanol–water partition coefficient (Wildman–Crippen LogP) is 0.725. The van der Waals surface area contributed by atoms with E-state index in [9.17, 15) is 26.8 Å². The van der Waals surface area contributed by atoms with Gasteiger partial charge in [0.1, 0.15) is 4.90 Å². The Morgan fingerprint density at radius 2 is 1.90 bits per heavy atom. The van der Waals surface area contributed by atoms with Crippen LogP contribution in [0.25, 0.3) is 0 Å². The molecule has 29 heavy (non-hydrogen) atoms. The molecule has 0 saturated carbocycles. The molecule has 15 heteroatoms. The van der Waals surface area contributed by atoms with Gasteiger partial charge in [0.05, 0.1) is 12.8 Å². The maximum atomic E-state index is 12.6. The van der Waals surface area contributed by atoms with E-state index in [1.807, 2.05) is 5.32 Å². The fourth-order valence-electron chi connectivity index (χ4n) is 2.33. The van der Waals surface area contributed by atoms with E-state index >= 15 is 0 Å². The number of amides is 2. The van der Waals surface area contributed by atoms with E-state index in [0.717, 1.165) is 17.9 Å². The molecule has 2 heterocycles. The molecule has 0 atom stereocenters. The van der Waals surface area contributed by atoms with Crippen molar-refractivity contribution in [3.05, 3.63) is 23.1 Å². The highest BCUT2D eigenvalue weighted by Gasteiger charge is 2.32. The highest BCUT2D eigenvalue weighted by Crippen LogP contribution is 2.20. The Morgan fingerprint density at radius 3 is 2.48 bits per heavy atom. The number of hydrogen-bond donors (Lipinski definition) is 2. The lowest BCUT2D eigenvalue weighted by atomic mass is 10.4. The van der Waals surface area contributed by atoms with E-state index in [1.165, 1.54) is 20.9 Å². The van der Waals surface area contributed by atoms with Crippen LogP contribution in [-0.2, 0) is 21.8 Å². The molecule has 0 aliphatic heterocycles. The van der Waals surface area contributed by atoms with Gasteiger partial charge in [0.15, 0.2) is 5.69 Å². The van der Waals surface area contributed by atoms with E-state index in [0.29, 0.717) is 0 Å². The van der Waals surface area contributed by atoms with Gasteiger partial charge in [-0.25, -0.2) is 27.7 Å². The number of hydrogen-bond acceptors (Lipinski definition) is 9. The first-order chi connectivity index (χ1) is 13.4. The van der Waals surface area contributed by atoms with Crippen molar-refractivity contribution in [3.63, 3.8) is 0 Å². The van der Waals surface area contributed by atoms with Crippen LogP contribution in [-0.4, -0.2) is 53.9 Å². The number of aromatic nitrogens is 4. The number of urea groups is 1. The third-order valence-corrected chi connectivity index (χ3v) is 4.79. The molecule has 2 aromatic rings. The summed E-state index contributed by atoms with van der Waals surface area (Å²) >= 11 is 0. The molecule has 2 amide bonds. The molecule has 0 aliphatic rings. The van der Waals surface area contributed by atoms with Crippen molar-refractivity contribution in [3.8, 4) is 5.88 Å². The summed E-state index contributed by atoms with van der Waals surface area (Å²) in [5.41, 5.74) is -0.290. The number of rotatable bonds is 6. The van der Waals surface area contributed by atoms with Gasteiger partial charge < -0.3 is 9.47 Å². The van der Waals surface area contributed by atoms with Crippen LogP contribution in [0, 0.1) is 13.8 Å². The van der Waals surface area contributed by atoms with Crippen LogP contribution in [0.2, 0.25) is 0 Å². The number of nitrogens with one attached hydrogen (secondary N) is 2. The summed E-state index contributed by atoms with van der Waals surface area (Å²) < 4.78 is 61.1. The van der Waals surface area contributed by atoms with Crippen LogP contribution in [0.3, 0.4) is 0 Å². The zero-order valence-electron chi connectivity index (χ0n) is 15.6. The minimum Gasteiger partial charge on any atom is -0.464 e. The first-order valence-electron chi connectivity index (χ1n) is 7.70. The molecule has 0 aliphatic carbocycles. The quantitative estimate of drug-likeness (QED) is 0.626. The van der Waals surface area contributed by atoms with Crippen molar-refractivity contribution in [2.24, 2.45) is 7.05 Å². The third kappa shape index (κ3) is 5.13. The van der Waals surface area contributed by atoms with Gasteiger partial charge in [-0.2, -0.15) is 18.9 Å². The van der Waals surface area contributed by atoms with Gasteiger partial charge in [-0.3, -0.25) is 10.00 Å². The van der Waals surface area contributed by atoms with Crippen LogP contribution >= 0.6 is 0 Å². The number of esters is 1. The molecule has 0 unspecified atom stereocenters. The monoisotopic (exact) mass is 434 g/mol. The Labute approximate surface area is 163 Å². The highest BCUT2D eigenvalue weighted by molar-refractivity contribution is 7.90. The zero-order chi connectivity index (χ0) is 21.9. The van der Waals surface area contributed by atoms with Gasteiger partial charge in [0.25, 0.3) is 10.0 Å². The van der Waals surface area contributed by atoms with Crippen molar-refractivity contribution < 1.29 is 36.3 Å². The Balaban J connectivity index is 2.28. The normalized spacial score (nSPS) is 11.3. The topological polar surface area (TPSA) is 154 Å². The number of carbonyl (C=O) groups excluding carboxylic acids is 2. The van der Waals surface area contributed by atoms with Crippen molar-refractivity contribution in [1.82, 2.24) is 24.5 Å². The first-order valence-corrected chi connectivity index (χ1v) is 9.19. The van der Waals surface area contributed by atoms with Crippen LogP contribution in [0.15, 0.2) is 11.0 Å². The fourth-order valence-corrected chi connectivity index (χ4v) is 3.63. The summed E-state index contributed by atoms with van der Waals surface area (Å²) in [5.74, 6) is -1.99. The molecular formula is C14H16F2N6O6S. The molecule has 2 aromatic heterocycles. The molecule has 0 spiro atoms. The maximum absolute atomic E-state index is 12.6. The lowest BCUT2D eigenvalue weighted by molar-refractivity contribution is -0.0528. The average molecular weight is 434 g/mol. The number of alkyl halides is 2. The summed E-state index contributed by atoms with van der Waals surface area (Å²) in [6.45, 7) is -0.422. The Kier molecular flexibility index (Phi) is 6.31. The molecule has 12 nitrogen and oxygen atoms in total. The van der Waals surface area contributed by atoms with E-state index in [-0.39, 0.29) is 11.4 Å². The molecule has 2 rings (SSSR count). The lowest BCUT2D eigenvalue weighted by Crippen LogP contribution is -2.36. The smallest absolute Gasteiger partial charge is 0.388 e. The molecule has 2 N–H and O–H groups in total. The molecule has 0 bridgehead atoms. The van der Waals surface area contributed by atoms with E-state index < -0.39 is 51.1 Å². The van der Waals surface area contributed by atoms with Crippen molar-refractivity contribution in [2.45, 2.75) is 25.4 Å².